The maximum Gasteiger partial charge on any atom is 0.0521 e. The van der Waals surface area contributed by atoms with Crippen molar-refractivity contribution in [2.24, 2.45) is 0 Å². The molecule has 0 aliphatic heterocycles. The fourth-order valence-corrected chi connectivity index (χ4v) is 1.42. The normalized spacial score (nSPS) is 11.3. The first-order valence-corrected chi connectivity index (χ1v) is 5.00. The van der Waals surface area contributed by atoms with Gasteiger partial charge in [0.15, 0.2) is 0 Å². The highest BCUT2D eigenvalue weighted by molar-refractivity contribution is 5.27. The van der Waals surface area contributed by atoms with Crippen LogP contribution >= 0.6 is 0 Å². The number of aliphatic hydroxyl groups is 2. The van der Waals surface area contributed by atoms with Crippen LogP contribution in [0.3, 0.4) is 0 Å². The standard InChI is InChI=1S/C12H18O2/c1-9(2)10-3-5-11(6-4-10)12(7-13)8-14/h3-6,9,12-14H,7-8H2,1-2H3. The van der Waals surface area contributed by atoms with Crippen molar-refractivity contribution in [1.82, 2.24) is 0 Å². The van der Waals surface area contributed by atoms with Gasteiger partial charge in [0.1, 0.15) is 0 Å². The molecule has 1 rings (SSSR count). The number of aliphatic hydroxyl groups excluding tert-OH is 2. The zero-order valence-corrected chi connectivity index (χ0v) is 8.77. The number of hydrogen-bond donors (Lipinski definition) is 2. The van der Waals surface area contributed by atoms with Crippen molar-refractivity contribution >= 4 is 0 Å². The molecule has 0 amide bonds. The summed E-state index contributed by atoms with van der Waals surface area (Å²) in [6.45, 7) is 4.28. The molecule has 2 N–H and O–H groups in total. The summed E-state index contributed by atoms with van der Waals surface area (Å²) < 4.78 is 0. The van der Waals surface area contributed by atoms with Gasteiger partial charge in [-0.15, -0.1) is 0 Å². The highest BCUT2D eigenvalue weighted by Gasteiger charge is 2.08. The van der Waals surface area contributed by atoms with Crippen LogP contribution in [0.5, 0.6) is 0 Å². The van der Waals surface area contributed by atoms with E-state index in [9.17, 15) is 0 Å². The summed E-state index contributed by atoms with van der Waals surface area (Å²) in [6, 6.07) is 8.06. The molecular formula is C12H18O2. The van der Waals surface area contributed by atoms with Gasteiger partial charge in [-0.3, -0.25) is 0 Å². The Morgan fingerprint density at radius 3 is 1.71 bits per heavy atom. The van der Waals surface area contributed by atoms with Gasteiger partial charge in [-0.05, 0) is 17.0 Å². The Hall–Kier alpha value is -0.860. The molecule has 0 saturated carbocycles. The lowest BCUT2D eigenvalue weighted by Gasteiger charge is -2.12. The molecule has 2 heteroatoms. The summed E-state index contributed by atoms with van der Waals surface area (Å²) >= 11 is 0. The zero-order valence-electron chi connectivity index (χ0n) is 8.77. The van der Waals surface area contributed by atoms with Crippen molar-refractivity contribution < 1.29 is 10.2 Å². The highest BCUT2D eigenvalue weighted by atomic mass is 16.3. The molecule has 0 unspecified atom stereocenters. The SMILES string of the molecule is CC(C)c1ccc(C(CO)CO)cc1. The highest BCUT2D eigenvalue weighted by Crippen LogP contribution is 2.19. The first kappa shape index (κ1) is 11.2. The minimum absolute atomic E-state index is 0.00246. The molecule has 0 aromatic heterocycles. The van der Waals surface area contributed by atoms with E-state index in [1.54, 1.807) is 0 Å². The molecule has 0 bridgehead atoms. The number of hydrogen-bond acceptors (Lipinski definition) is 2. The van der Waals surface area contributed by atoms with E-state index >= 15 is 0 Å². The number of rotatable bonds is 4. The van der Waals surface area contributed by atoms with Gasteiger partial charge in [-0.2, -0.15) is 0 Å². The Morgan fingerprint density at radius 2 is 1.36 bits per heavy atom. The van der Waals surface area contributed by atoms with Gasteiger partial charge in [0.05, 0.1) is 13.2 Å². The largest absolute Gasteiger partial charge is 0.396 e. The van der Waals surface area contributed by atoms with Gasteiger partial charge in [-0.25, -0.2) is 0 Å². The molecule has 0 heterocycles. The van der Waals surface area contributed by atoms with Crippen molar-refractivity contribution in [2.75, 3.05) is 13.2 Å². The van der Waals surface area contributed by atoms with Crippen molar-refractivity contribution in [3.05, 3.63) is 35.4 Å². The second kappa shape index (κ2) is 5.13. The van der Waals surface area contributed by atoms with E-state index < -0.39 is 0 Å². The first-order chi connectivity index (χ1) is 6.69. The van der Waals surface area contributed by atoms with Crippen LogP contribution in [0.15, 0.2) is 24.3 Å². The van der Waals surface area contributed by atoms with Crippen LogP contribution in [-0.4, -0.2) is 23.4 Å². The summed E-state index contributed by atoms with van der Waals surface area (Å²) in [6.07, 6.45) is 0. The minimum Gasteiger partial charge on any atom is -0.396 e. The maximum absolute atomic E-state index is 9.00. The summed E-state index contributed by atoms with van der Waals surface area (Å²) in [5.41, 5.74) is 2.28. The molecule has 0 atom stereocenters. The van der Waals surface area contributed by atoms with E-state index in [0.29, 0.717) is 5.92 Å². The fourth-order valence-electron chi connectivity index (χ4n) is 1.42. The van der Waals surface area contributed by atoms with Gasteiger partial charge in [0.25, 0.3) is 0 Å². The second-order valence-corrected chi connectivity index (χ2v) is 3.88. The molecule has 1 aromatic carbocycles. The molecule has 0 radical (unpaired) electrons. The zero-order chi connectivity index (χ0) is 10.6. The predicted molar refractivity (Wildman–Crippen MR) is 57.4 cm³/mol. The lowest BCUT2D eigenvalue weighted by Crippen LogP contribution is -2.08. The Balaban J connectivity index is 2.81. The molecule has 0 saturated heterocycles. The van der Waals surface area contributed by atoms with Crippen LogP contribution in [-0.2, 0) is 0 Å². The molecule has 1 aromatic rings. The van der Waals surface area contributed by atoms with Crippen LogP contribution in [0.1, 0.15) is 36.8 Å². The van der Waals surface area contributed by atoms with Gasteiger partial charge in [0.2, 0.25) is 0 Å². The van der Waals surface area contributed by atoms with E-state index in [1.165, 1.54) is 5.56 Å². The summed E-state index contributed by atoms with van der Waals surface area (Å²) in [7, 11) is 0. The average molecular weight is 194 g/mol. The lowest BCUT2D eigenvalue weighted by molar-refractivity contribution is 0.192. The molecule has 2 nitrogen and oxygen atoms in total. The van der Waals surface area contributed by atoms with Crippen molar-refractivity contribution in [2.45, 2.75) is 25.7 Å². The van der Waals surface area contributed by atoms with Gasteiger partial charge in [-0.1, -0.05) is 38.1 Å². The quantitative estimate of drug-likeness (QED) is 0.768. The fraction of sp³-hybridized carbons (Fsp3) is 0.500. The molecule has 0 aliphatic carbocycles. The molecule has 14 heavy (non-hydrogen) atoms. The summed E-state index contributed by atoms with van der Waals surface area (Å²) in [5, 5.41) is 18.0. The van der Waals surface area contributed by atoms with Crippen LogP contribution in [0, 0.1) is 0 Å². The Morgan fingerprint density at radius 1 is 0.929 bits per heavy atom. The molecular weight excluding hydrogens is 176 g/mol. The second-order valence-electron chi connectivity index (χ2n) is 3.88. The third-order valence-corrected chi connectivity index (χ3v) is 2.52. The Bertz CT molecular complexity index is 260. The van der Waals surface area contributed by atoms with Gasteiger partial charge in [0, 0.05) is 5.92 Å². The predicted octanol–water partition coefficient (Wildman–Crippen LogP) is 1.88. The van der Waals surface area contributed by atoms with E-state index in [1.807, 2.05) is 12.1 Å². The molecule has 0 fully saturated rings. The minimum atomic E-state index is -0.142. The van der Waals surface area contributed by atoms with Crippen LogP contribution in [0.25, 0.3) is 0 Å². The summed E-state index contributed by atoms with van der Waals surface area (Å²) in [4.78, 5) is 0. The molecule has 0 aliphatic rings. The summed E-state index contributed by atoms with van der Waals surface area (Å²) in [5.74, 6) is 0.377. The molecule has 78 valence electrons. The maximum atomic E-state index is 9.00. The van der Waals surface area contributed by atoms with E-state index in [4.69, 9.17) is 10.2 Å². The first-order valence-electron chi connectivity index (χ1n) is 5.00. The van der Waals surface area contributed by atoms with E-state index in [0.717, 1.165) is 5.56 Å². The van der Waals surface area contributed by atoms with Crippen molar-refractivity contribution in [3.8, 4) is 0 Å². The van der Waals surface area contributed by atoms with Crippen molar-refractivity contribution in [3.63, 3.8) is 0 Å². The lowest BCUT2D eigenvalue weighted by atomic mass is 9.96. The topological polar surface area (TPSA) is 40.5 Å². The average Bonchev–Trinajstić information content (AvgIpc) is 2.20. The third kappa shape index (κ3) is 2.56. The third-order valence-electron chi connectivity index (χ3n) is 2.52. The van der Waals surface area contributed by atoms with Gasteiger partial charge >= 0.3 is 0 Å². The van der Waals surface area contributed by atoms with E-state index in [2.05, 4.69) is 26.0 Å². The van der Waals surface area contributed by atoms with E-state index in [-0.39, 0.29) is 19.1 Å². The smallest absolute Gasteiger partial charge is 0.0521 e. The van der Waals surface area contributed by atoms with Gasteiger partial charge < -0.3 is 10.2 Å². The monoisotopic (exact) mass is 194 g/mol. The number of benzene rings is 1. The van der Waals surface area contributed by atoms with Crippen LogP contribution < -0.4 is 0 Å². The molecule has 0 spiro atoms. The van der Waals surface area contributed by atoms with Crippen LogP contribution in [0.2, 0.25) is 0 Å². The Labute approximate surface area is 85.2 Å². The Kier molecular flexibility index (Phi) is 4.11. The van der Waals surface area contributed by atoms with Crippen LogP contribution in [0.4, 0.5) is 0 Å². The van der Waals surface area contributed by atoms with Crippen molar-refractivity contribution in [1.29, 1.82) is 0 Å².